The molecule has 4 atom stereocenters. The Morgan fingerprint density at radius 1 is 1.35 bits per heavy atom. The monoisotopic (exact) mass is 320 g/mol. The first-order valence-corrected chi connectivity index (χ1v) is 9.02. The topological polar surface area (TPSA) is 54.4 Å². The fraction of sp³-hybridized carbons (Fsp3) is 0.800. The van der Waals surface area contributed by atoms with Gasteiger partial charge in [-0.3, -0.25) is 9.59 Å². The molecule has 0 aliphatic heterocycles. The van der Waals surface area contributed by atoms with Crippen LogP contribution in [-0.4, -0.2) is 16.9 Å². The SMILES string of the molecule is CC1=CC(=O)[C@@H]2C(C)(C)CCC[C@]2(C)[C@H]1CC[C@H](C)CC(=O)O. The number of carboxylic acid groups (broad SMARTS) is 1. The number of aliphatic carboxylic acids is 1. The molecule has 1 fully saturated rings. The lowest BCUT2D eigenvalue weighted by Crippen LogP contribution is -2.52. The molecule has 3 nitrogen and oxygen atoms in total. The van der Waals surface area contributed by atoms with Crippen molar-refractivity contribution in [3.8, 4) is 0 Å². The van der Waals surface area contributed by atoms with Crippen LogP contribution in [-0.2, 0) is 9.59 Å². The molecule has 1 N–H and O–H groups in total. The maximum atomic E-state index is 12.7. The van der Waals surface area contributed by atoms with Gasteiger partial charge >= 0.3 is 5.97 Å². The lowest BCUT2D eigenvalue weighted by molar-refractivity contribution is -0.138. The van der Waals surface area contributed by atoms with Gasteiger partial charge < -0.3 is 5.11 Å². The van der Waals surface area contributed by atoms with E-state index < -0.39 is 5.97 Å². The number of hydrogen-bond acceptors (Lipinski definition) is 2. The molecule has 3 heteroatoms. The molecule has 0 aromatic heterocycles. The highest BCUT2D eigenvalue weighted by Gasteiger charge is 2.55. The van der Waals surface area contributed by atoms with Gasteiger partial charge in [0, 0.05) is 12.3 Å². The summed E-state index contributed by atoms with van der Waals surface area (Å²) in [6.45, 7) is 10.9. The molecular weight excluding hydrogens is 288 g/mol. The van der Waals surface area contributed by atoms with E-state index in [1.807, 2.05) is 13.0 Å². The number of carbonyl (C=O) groups is 2. The second-order valence-electron chi connectivity index (χ2n) is 8.90. The number of ketones is 1. The summed E-state index contributed by atoms with van der Waals surface area (Å²) in [5.41, 5.74) is 1.29. The van der Waals surface area contributed by atoms with Crippen molar-refractivity contribution in [2.75, 3.05) is 0 Å². The highest BCUT2D eigenvalue weighted by molar-refractivity contribution is 5.94. The van der Waals surface area contributed by atoms with Gasteiger partial charge in [-0.15, -0.1) is 0 Å². The number of fused-ring (bicyclic) bond motifs is 1. The Balaban J connectivity index is 2.22. The molecule has 130 valence electrons. The standard InChI is InChI=1S/C20H32O3/c1-13(11-17(22)23)7-8-15-14(2)12-16(21)18-19(3,4)9-6-10-20(15,18)5/h12-13,15,18H,6-11H2,1-5H3,(H,22,23)/t13-,15-,18+,20+/m0/s1. The smallest absolute Gasteiger partial charge is 0.303 e. The van der Waals surface area contributed by atoms with E-state index in [1.165, 1.54) is 12.0 Å². The Kier molecular flexibility index (Phi) is 5.08. The van der Waals surface area contributed by atoms with Crippen LogP contribution in [0.2, 0.25) is 0 Å². The Morgan fingerprint density at radius 3 is 2.61 bits per heavy atom. The van der Waals surface area contributed by atoms with Crippen molar-refractivity contribution in [3.05, 3.63) is 11.6 Å². The molecule has 0 aromatic rings. The van der Waals surface area contributed by atoms with Crippen molar-refractivity contribution < 1.29 is 14.7 Å². The first-order valence-electron chi connectivity index (χ1n) is 9.02. The average molecular weight is 320 g/mol. The van der Waals surface area contributed by atoms with Gasteiger partial charge in [-0.2, -0.15) is 0 Å². The summed E-state index contributed by atoms with van der Waals surface area (Å²) in [7, 11) is 0. The first-order chi connectivity index (χ1) is 10.6. The van der Waals surface area contributed by atoms with E-state index in [9.17, 15) is 9.59 Å². The third-order valence-electron chi connectivity index (χ3n) is 6.45. The van der Waals surface area contributed by atoms with Crippen molar-refractivity contribution in [1.29, 1.82) is 0 Å². The minimum absolute atomic E-state index is 0.0284. The zero-order valence-electron chi connectivity index (χ0n) is 15.3. The molecule has 2 aliphatic rings. The number of allylic oxidation sites excluding steroid dienone is 2. The molecule has 23 heavy (non-hydrogen) atoms. The zero-order chi connectivity index (χ0) is 17.4. The van der Waals surface area contributed by atoms with E-state index in [-0.39, 0.29) is 29.1 Å². The van der Waals surface area contributed by atoms with Gasteiger partial charge in [-0.05, 0) is 61.3 Å². The third kappa shape index (κ3) is 3.54. The third-order valence-corrected chi connectivity index (χ3v) is 6.45. The molecule has 0 bridgehead atoms. The van der Waals surface area contributed by atoms with Crippen molar-refractivity contribution in [2.45, 2.75) is 73.1 Å². The predicted molar refractivity (Wildman–Crippen MR) is 92.1 cm³/mol. The molecule has 0 unspecified atom stereocenters. The van der Waals surface area contributed by atoms with Crippen LogP contribution in [0.25, 0.3) is 0 Å². The van der Waals surface area contributed by atoms with Crippen LogP contribution in [0.15, 0.2) is 11.6 Å². The van der Waals surface area contributed by atoms with Crippen LogP contribution in [0, 0.1) is 28.6 Å². The molecule has 0 aromatic carbocycles. The number of hydrogen-bond donors (Lipinski definition) is 1. The predicted octanol–water partition coefficient (Wildman–Crippen LogP) is 4.86. The summed E-state index contributed by atoms with van der Waals surface area (Å²) in [4.78, 5) is 23.6. The van der Waals surface area contributed by atoms with E-state index in [1.54, 1.807) is 0 Å². The fourth-order valence-corrected chi connectivity index (χ4v) is 5.53. The second-order valence-corrected chi connectivity index (χ2v) is 8.90. The van der Waals surface area contributed by atoms with Gasteiger partial charge in [0.05, 0.1) is 0 Å². The van der Waals surface area contributed by atoms with Gasteiger partial charge in [0.1, 0.15) is 0 Å². The summed E-state index contributed by atoms with van der Waals surface area (Å²) in [5.74, 6) is 0.292. The average Bonchev–Trinajstić information content (AvgIpc) is 2.34. The van der Waals surface area contributed by atoms with Gasteiger partial charge in [0.25, 0.3) is 0 Å². The highest BCUT2D eigenvalue weighted by Crippen LogP contribution is 2.59. The molecule has 2 rings (SSSR count). The van der Waals surface area contributed by atoms with Gasteiger partial charge in [0.15, 0.2) is 5.78 Å². The largest absolute Gasteiger partial charge is 0.481 e. The molecule has 0 amide bonds. The molecule has 1 saturated carbocycles. The van der Waals surface area contributed by atoms with Crippen molar-refractivity contribution in [1.82, 2.24) is 0 Å². The zero-order valence-corrected chi connectivity index (χ0v) is 15.3. The molecule has 0 saturated heterocycles. The van der Waals surface area contributed by atoms with E-state index in [0.29, 0.717) is 11.7 Å². The maximum Gasteiger partial charge on any atom is 0.303 e. The summed E-state index contributed by atoms with van der Waals surface area (Å²) in [6.07, 6.45) is 7.43. The van der Waals surface area contributed by atoms with Crippen LogP contribution in [0.5, 0.6) is 0 Å². The van der Waals surface area contributed by atoms with E-state index >= 15 is 0 Å². The van der Waals surface area contributed by atoms with Gasteiger partial charge in [-0.25, -0.2) is 0 Å². The molecule has 0 heterocycles. The Morgan fingerprint density at radius 2 is 2.00 bits per heavy atom. The van der Waals surface area contributed by atoms with Gasteiger partial charge in [-0.1, -0.05) is 39.7 Å². The minimum Gasteiger partial charge on any atom is -0.481 e. The quantitative estimate of drug-likeness (QED) is 0.787. The van der Waals surface area contributed by atoms with Gasteiger partial charge in [0.2, 0.25) is 0 Å². The number of rotatable bonds is 5. The normalized spacial score (nSPS) is 34.5. The summed E-state index contributed by atoms with van der Waals surface area (Å²) in [5, 5.41) is 8.96. The van der Waals surface area contributed by atoms with E-state index in [2.05, 4.69) is 27.7 Å². The van der Waals surface area contributed by atoms with E-state index in [4.69, 9.17) is 5.11 Å². The lowest BCUT2D eigenvalue weighted by atomic mass is 9.48. The van der Waals surface area contributed by atoms with Crippen LogP contribution in [0.3, 0.4) is 0 Å². The van der Waals surface area contributed by atoms with Crippen LogP contribution in [0.4, 0.5) is 0 Å². The molecule has 0 radical (unpaired) electrons. The molecular formula is C20H32O3. The summed E-state index contributed by atoms with van der Waals surface area (Å²) < 4.78 is 0. The van der Waals surface area contributed by atoms with Crippen molar-refractivity contribution in [3.63, 3.8) is 0 Å². The van der Waals surface area contributed by atoms with Crippen molar-refractivity contribution >= 4 is 11.8 Å². The summed E-state index contributed by atoms with van der Waals surface area (Å²) >= 11 is 0. The Labute approximate surface area is 140 Å². The maximum absolute atomic E-state index is 12.7. The van der Waals surface area contributed by atoms with Crippen LogP contribution >= 0.6 is 0 Å². The Bertz CT molecular complexity index is 517. The fourth-order valence-electron chi connectivity index (χ4n) is 5.53. The Hall–Kier alpha value is -1.12. The molecule has 2 aliphatic carbocycles. The lowest BCUT2D eigenvalue weighted by Gasteiger charge is -2.55. The highest BCUT2D eigenvalue weighted by atomic mass is 16.4. The second kappa shape index (κ2) is 6.41. The number of carbonyl (C=O) groups excluding carboxylic acids is 1. The number of carboxylic acids is 1. The van der Waals surface area contributed by atoms with E-state index in [0.717, 1.165) is 25.7 Å². The van der Waals surface area contributed by atoms with Crippen LogP contribution in [0.1, 0.15) is 73.1 Å². The summed E-state index contributed by atoms with van der Waals surface area (Å²) in [6, 6.07) is 0. The van der Waals surface area contributed by atoms with Crippen LogP contribution < -0.4 is 0 Å². The minimum atomic E-state index is -0.716. The molecule has 0 spiro atoms. The van der Waals surface area contributed by atoms with Crippen molar-refractivity contribution in [2.24, 2.45) is 28.6 Å². The first kappa shape index (κ1) is 18.2.